The average Bonchev–Trinajstić information content (AvgIpc) is 3.16. The number of benzene rings is 1. The van der Waals surface area contributed by atoms with E-state index in [1.807, 2.05) is 24.3 Å². The number of rotatable bonds is 4. The molecule has 0 bridgehead atoms. The molecular weight excluding hydrogens is 356 g/mol. The Morgan fingerprint density at radius 1 is 1.19 bits per heavy atom. The number of nitrogens with one attached hydrogen (secondary N) is 3. The van der Waals surface area contributed by atoms with Gasteiger partial charge in [0.1, 0.15) is 6.04 Å². The highest BCUT2D eigenvalue weighted by Gasteiger charge is 2.37. The number of halogens is 1. The number of anilines is 1. The Morgan fingerprint density at radius 3 is 2.81 bits per heavy atom. The Hall–Kier alpha value is -2.19. The highest BCUT2D eigenvalue weighted by molar-refractivity contribution is 5.85. The summed E-state index contributed by atoms with van der Waals surface area (Å²) in [7, 11) is 0. The summed E-state index contributed by atoms with van der Waals surface area (Å²) in [5.74, 6) is 0.868. The first kappa shape index (κ1) is 18.6. The number of nitrogens with zero attached hydrogens (tertiary/aromatic N) is 3. The van der Waals surface area contributed by atoms with E-state index >= 15 is 0 Å². The Labute approximate surface area is 157 Å². The lowest BCUT2D eigenvalue weighted by atomic mass is 9.72. The number of fused-ring (bicyclic) bond motifs is 1. The molecule has 140 valence electrons. The van der Waals surface area contributed by atoms with Crippen LogP contribution in [0.5, 0.6) is 0 Å². The fourth-order valence-corrected chi connectivity index (χ4v) is 4.18. The standard InChI is InChI=1S/C17H22N6O2.ClH/c24-17(25)15-8-11-7-12(6-5-10(11)9-18-15)19-14-4-2-1-3-13(14)16-20-22-23-21-16;/h1-4,10-12,15,18-19H,5-9H2,(H,24,25)(H,20,21,22,23);1H/t10-,11+,12-,15-;/m0./s1. The minimum Gasteiger partial charge on any atom is -0.480 e. The van der Waals surface area contributed by atoms with Crippen LogP contribution < -0.4 is 10.6 Å². The quantitative estimate of drug-likeness (QED) is 0.642. The van der Waals surface area contributed by atoms with Crippen molar-refractivity contribution in [2.45, 2.75) is 37.8 Å². The normalized spacial score (nSPS) is 27.8. The first-order valence-corrected chi connectivity index (χ1v) is 8.76. The third kappa shape index (κ3) is 3.81. The summed E-state index contributed by atoms with van der Waals surface area (Å²) in [6.45, 7) is 0.813. The van der Waals surface area contributed by atoms with Crippen molar-refractivity contribution >= 4 is 24.1 Å². The van der Waals surface area contributed by atoms with Crippen LogP contribution in [-0.4, -0.2) is 50.3 Å². The van der Waals surface area contributed by atoms with Crippen LogP contribution in [0.1, 0.15) is 25.7 Å². The molecule has 2 heterocycles. The van der Waals surface area contributed by atoms with Crippen LogP contribution in [0, 0.1) is 11.8 Å². The van der Waals surface area contributed by atoms with Gasteiger partial charge in [0.15, 0.2) is 0 Å². The summed E-state index contributed by atoms with van der Waals surface area (Å²) in [6.07, 6.45) is 3.91. The fourth-order valence-electron chi connectivity index (χ4n) is 4.18. The van der Waals surface area contributed by atoms with E-state index in [1.54, 1.807) is 0 Å². The van der Waals surface area contributed by atoms with Crippen LogP contribution in [0.2, 0.25) is 0 Å². The molecule has 4 atom stereocenters. The summed E-state index contributed by atoms with van der Waals surface area (Å²) in [6, 6.07) is 7.87. The van der Waals surface area contributed by atoms with Gasteiger partial charge < -0.3 is 15.7 Å². The monoisotopic (exact) mass is 378 g/mol. The molecule has 0 radical (unpaired) electrons. The summed E-state index contributed by atoms with van der Waals surface area (Å²) in [4.78, 5) is 11.3. The summed E-state index contributed by atoms with van der Waals surface area (Å²) < 4.78 is 0. The van der Waals surface area contributed by atoms with Gasteiger partial charge in [0.25, 0.3) is 0 Å². The first-order chi connectivity index (χ1) is 12.2. The summed E-state index contributed by atoms with van der Waals surface area (Å²) in [5, 5.41) is 30.3. The molecule has 4 rings (SSSR count). The number of aliphatic carboxylic acids is 1. The van der Waals surface area contributed by atoms with Crippen LogP contribution >= 0.6 is 12.4 Å². The molecule has 1 aliphatic heterocycles. The van der Waals surface area contributed by atoms with Crippen molar-refractivity contribution in [3.63, 3.8) is 0 Å². The number of aromatic nitrogens is 4. The molecule has 1 saturated heterocycles. The SMILES string of the molecule is Cl.O=C(O)[C@@H]1C[C@H]2C[C@@H](Nc3ccccc3-c3nn[nH]n3)CC[C@H]2CN1. The molecule has 0 spiro atoms. The van der Waals surface area contributed by atoms with Crippen LogP contribution in [0.3, 0.4) is 0 Å². The zero-order valence-electron chi connectivity index (χ0n) is 14.3. The van der Waals surface area contributed by atoms with E-state index in [2.05, 4.69) is 31.3 Å². The number of piperidine rings is 1. The largest absolute Gasteiger partial charge is 0.480 e. The number of hydrogen-bond acceptors (Lipinski definition) is 6. The number of carboxylic acid groups (broad SMARTS) is 1. The van der Waals surface area contributed by atoms with Crippen molar-refractivity contribution in [2.24, 2.45) is 11.8 Å². The van der Waals surface area contributed by atoms with Gasteiger partial charge in [0.05, 0.1) is 0 Å². The van der Waals surface area contributed by atoms with Crippen molar-refractivity contribution in [2.75, 3.05) is 11.9 Å². The van der Waals surface area contributed by atoms with Gasteiger partial charge in [-0.3, -0.25) is 4.79 Å². The predicted molar refractivity (Wildman–Crippen MR) is 99.1 cm³/mol. The maximum absolute atomic E-state index is 11.3. The second kappa shape index (κ2) is 8.01. The number of H-pyrrole nitrogens is 1. The van der Waals surface area contributed by atoms with E-state index in [9.17, 15) is 9.90 Å². The zero-order chi connectivity index (χ0) is 17.2. The Bertz CT molecular complexity index is 741. The molecule has 2 fully saturated rings. The van der Waals surface area contributed by atoms with E-state index in [0.717, 1.165) is 37.1 Å². The van der Waals surface area contributed by atoms with Gasteiger partial charge in [-0.15, -0.1) is 22.6 Å². The molecule has 2 aliphatic rings. The van der Waals surface area contributed by atoms with E-state index < -0.39 is 12.0 Å². The molecule has 26 heavy (non-hydrogen) atoms. The predicted octanol–water partition coefficient (Wildman–Crippen LogP) is 1.93. The van der Waals surface area contributed by atoms with Gasteiger partial charge in [-0.2, -0.15) is 5.21 Å². The highest BCUT2D eigenvalue weighted by atomic mass is 35.5. The fraction of sp³-hybridized carbons (Fsp3) is 0.529. The molecule has 4 N–H and O–H groups in total. The number of carbonyl (C=O) groups is 1. The maximum Gasteiger partial charge on any atom is 0.320 e. The Morgan fingerprint density at radius 2 is 2.04 bits per heavy atom. The number of tetrazole rings is 1. The van der Waals surface area contributed by atoms with E-state index in [-0.39, 0.29) is 12.4 Å². The van der Waals surface area contributed by atoms with E-state index in [4.69, 9.17) is 0 Å². The molecular formula is C17H23ClN6O2. The second-order valence-corrected chi connectivity index (χ2v) is 6.99. The zero-order valence-corrected chi connectivity index (χ0v) is 15.1. The minimum absolute atomic E-state index is 0. The number of carboxylic acids is 1. The van der Waals surface area contributed by atoms with Crippen LogP contribution in [0.4, 0.5) is 5.69 Å². The second-order valence-electron chi connectivity index (χ2n) is 6.99. The molecule has 0 amide bonds. The number of aromatic amines is 1. The van der Waals surface area contributed by atoms with Crippen molar-refractivity contribution in [3.05, 3.63) is 24.3 Å². The molecule has 8 nitrogen and oxygen atoms in total. The molecule has 0 unspecified atom stereocenters. The lowest BCUT2D eigenvalue weighted by Crippen LogP contribution is -2.50. The van der Waals surface area contributed by atoms with Gasteiger partial charge in [-0.05, 0) is 61.4 Å². The topological polar surface area (TPSA) is 116 Å². The maximum atomic E-state index is 11.3. The van der Waals surface area contributed by atoms with Gasteiger partial charge in [-0.25, -0.2) is 0 Å². The van der Waals surface area contributed by atoms with Crippen LogP contribution in [0.25, 0.3) is 11.4 Å². The first-order valence-electron chi connectivity index (χ1n) is 8.76. The Kier molecular flexibility index (Phi) is 5.73. The molecule has 9 heteroatoms. The number of hydrogen-bond donors (Lipinski definition) is 4. The molecule has 1 aromatic carbocycles. The third-order valence-corrected chi connectivity index (χ3v) is 5.48. The van der Waals surface area contributed by atoms with Crippen LogP contribution in [0.15, 0.2) is 24.3 Å². The minimum atomic E-state index is -0.740. The Balaban J connectivity index is 0.00000196. The van der Waals surface area contributed by atoms with Crippen LogP contribution in [-0.2, 0) is 4.79 Å². The van der Waals surface area contributed by atoms with Crippen molar-refractivity contribution in [1.29, 1.82) is 0 Å². The molecule has 1 aromatic heterocycles. The van der Waals surface area contributed by atoms with Crippen molar-refractivity contribution in [1.82, 2.24) is 25.9 Å². The van der Waals surface area contributed by atoms with E-state index in [1.165, 1.54) is 0 Å². The molecule has 2 aromatic rings. The van der Waals surface area contributed by atoms with Gasteiger partial charge in [0, 0.05) is 17.3 Å². The number of para-hydroxylation sites is 1. The molecule has 1 aliphatic carbocycles. The van der Waals surface area contributed by atoms with Gasteiger partial charge in [0.2, 0.25) is 5.82 Å². The highest BCUT2D eigenvalue weighted by Crippen LogP contribution is 2.37. The van der Waals surface area contributed by atoms with Crippen molar-refractivity contribution < 1.29 is 9.90 Å². The lowest BCUT2D eigenvalue weighted by Gasteiger charge is -2.42. The summed E-state index contributed by atoms with van der Waals surface area (Å²) in [5.41, 5.74) is 1.92. The van der Waals surface area contributed by atoms with Crippen molar-refractivity contribution in [3.8, 4) is 11.4 Å². The average molecular weight is 379 g/mol. The van der Waals surface area contributed by atoms with E-state index in [0.29, 0.717) is 30.1 Å². The van der Waals surface area contributed by atoms with Gasteiger partial charge in [-0.1, -0.05) is 12.1 Å². The van der Waals surface area contributed by atoms with Gasteiger partial charge >= 0.3 is 5.97 Å². The lowest BCUT2D eigenvalue weighted by molar-refractivity contribution is -0.141. The summed E-state index contributed by atoms with van der Waals surface area (Å²) >= 11 is 0. The molecule has 1 saturated carbocycles. The smallest absolute Gasteiger partial charge is 0.320 e. The third-order valence-electron chi connectivity index (χ3n) is 5.48.